The molecule has 0 spiro atoms. The van der Waals surface area contributed by atoms with E-state index < -0.39 is 17.3 Å². The van der Waals surface area contributed by atoms with Gasteiger partial charge in [0.25, 0.3) is 0 Å². The second-order valence-corrected chi connectivity index (χ2v) is 6.61. The first kappa shape index (κ1) is 18.3. The van der Waals surface area contributed by atoms with Crippen molar-refractivity contribution in [1.29, 1.82) is 0 Å². The van der Waals surface area contributed by atoms with E-state index in [1.165, 1.54) is 7.05 Å². The molecule has 2 rings (SSSR count). The maximum Gasteiger partial charge on any atom is 0.451 e. The fourth-order valence-electron chi connectivity index (χ4n) is 2.01. The Morgan fingerprint density at radius 2 is 1.83 bits per heavy atom. The van der Waals surface area contributed by atoms with Crippen LogP contribution in [-0.4, -0.2) is 25.9 Å². The molecule has 0 unspecified atom stereocenters. The van der Waals surface area contributed by atoms with E-state index in [4.69, 9.17) is 0 Å². The van der Waals surface area contributed by atoms with E-state index in [9.17, 15) is 18.0 Å². The zero-order valence-corrected chi connectivity index (χ0v) is 14.1. The maximum atomic E-state index is 12.8. The number of halogens is 3. The first-order valence-corrected chi connectivity index (χ1v) is 8.07. The van der Waals surface area contributed by atoms with Crippen LogP contribution in [0.25, 0.3) is 0 Å². The number of alkyl halides is 3. The van der Waals surface area contributed by atoms with E-state index in [1.807, 2.05) is 19.9 Å². The lowest BCUT2D eigenvalue weighted by Crippen LogP contribution is -2.30. The lowest BCUT2D eigenvalue weighted by Gasteiger charge is -2.19. The van der Waals surface area contributed by atoms with Gasteiger partial charge in [0, 0.05) is 12.7 Å². The minimum Gasteiger partial charge on any atom is -0.325 e. The molecule has 1 heterocycles. The van der Waals surface area contributed by atoms with Crippen LogP contribution in [0, 0.1) is 5.92 Å². The number of nitrogens with zero attached hydrogens (tertiary/aromatic N) is 3. The van der Waals surface area contributed by atoms with E-state index in [-0.39, 0.29) is 17.0 Å². The third-order valence-electron chi connectivity index (χ3n) is 3.23. The number of anilines is 1. The van der Waals surface area contributed by atoms with E-state index in [0.29, 0.717) is 5.69 Å². The molecule has 2 aromatic rings. The highest BCUT2D eigenvalue weighted by molar-refractivity contribution is 8.00. The second-order valence-electron chi connectivity index (χ2n) is 5.50. The highest BCUT2D eigenvalue weighted by atomic mass is 32.2. The van der Waals surface area contributed by atoms with E-state index >= 15 is 0 Å². The predicted molar refractivity (Wildman–Crippen MR) is 85.6 cm³/mol. The summed E-state index contributed by atoms with van der Waals surface area (Å²) in [6.45, 7) is 3.65. The molecule has 1 amide bonds. The minimum atomic E-state index is -4.58. The van der Waals surface area contributed by atoms with E-state index in [0.717, 1.165) is 16.3 Å². The van der Waals surface area contributed by atoms with E-state index in [2.05, 4.69) is 15.5 Å². The van der Waals surface area contributed by atoms with Gasteiger partial charge in [0.1, 0.15) is 0 Å². The number of hydrogen-bond donors (Lipinski definition) is 1. The molecule has 0 aliphatic heterocycles. The molecule has 0 saturated carbocycles. The third-order valence-corrected chi connectivity index (χ3v) is 4.80. The number of benzene rings is 1. The molecular formula is C15H17F3N4OS. The van der Waals surface area contributed by atoms with Crippen molar-refractivity contribution in [1.82, 2.24) is 14.8 Å². The normalized spacial score (nSPS) is 13.1. The zero-order chi connectivity index (χ0) is 17.9. The van der Waals surface area contributed by atoms with Gasteiger partial charge in [0.2, 0.25) is 11.7 Å². The minimum absolute atomic E-state index is 0.0456. The van der Waals surface area contributed by atoms with Gasteiger partial charge in [0.15, 0.2) is 5.16 Å². The van der Waals surface area contributed by atoms with Gasteiger partial charge in [-0.1, -0.05) is 43.8 Å². The quantitative estimate of drug-likeness (QED) is 0.830. The second kappa shape index (κ2) is 7.25. The Kier molecular flexibility index (Phi) is 5.53. The van der Waals surface area contributed by atoms with Crippen LogP contribution in [0.3, 0.4) is 0 Å². The number of rotatable bonds is 5. The summed E-state index contributed by atoms with van der Waals surface area (Å²) in [5.41, 5.74) is 0.627. The van der Waals surface area contributed by atoms with Crippen LogP contribution in [-0.2, 0) is 18.0 Å². The van der Waals surface area contributed by atoms with Crippen LogP contribution in [0.4, 0.5) is 18.9 Å². The molecule has 1 aromatic carbocycles. The summed E-state index contributed by atoms with van der Waals surface area (Å²) in [7, 11) is 1.23. The molecule has 0 aliphatic carbocycles. The first-order chi connectivity index (χ1) is 11.2. The monoisotopic (exact) mass is 358 g/mol. The summed E-state index contributed by atoms with van der Waals surface area (Å²) in [6, 6.07) is 8.87. The van der Waals surface area contributed by atoms with Crippen molar-refractivity contribution in [2.24, 2.45) is 13.0 Å². The number of aromatic nitrogens is 3. The Hall–Kier alpha value is -2.03. The van der Waals surface area contributed by atoms with Crippen LogP contribution in [0.2, 0.25) is 0 Å². The van der Waals surface area contributed by atoms with Crippen molar-refractivity contribution in [3.05, 3.63) is 36.2 Å². The Balaban J connectivity index is 2.17. The number of hydrogen-bond acceptors (Lipinski definition) is 4. The Labute approximate surface area is 141 Å². The van der Waals surface area contributed by atoms with Crippen molar-refractivity contribution in [3.63, 3.8) is 0 Å². The van der Waals surface area contributed by atoms with E-state index in [1.54, 1.807) is 24.3 Å². The Bertz CT molecular complexity index is 700. The molecule has 1 N–H and O–H groups in total. The molecule has 0 fully saturated rings. The molecule has 9 heteroatoms. The average molecular weight is 358 g/mol. The third kappa shape index (κ3) is 4.28. The lowest BCUT2D eigenvalue weighted by atomic mass is 10.1. The van der Waals surface area contributed by atoms with Gasteiger partial charge in [-0.15, -0.1) is 10.2 Å². The summed E-state index contributed by atoms with van der Waals surface area (Å²) in [4.78, 5) is 12.5. The molecule has 0 radical (unpaired) electrons. The average Bonchev–Trinajstić information content (AvgIpc) is 2.86. The van der Waals surface area contributed by atoms with Crippen LogP contribution >= 0.6 is 11.8 Å². The summed E-state index contributed by atoms with van der Waals surface area (Å²) >= 11 is 0.965. The van der Waals surface area contributed by atoms with Gasteiger partial charge < -0.3 is 9.88 Å². The molecule has 24 heavy (non-hydrogen) atoms. The van der Waals surface area contributed by atoms with Crippen molar-refractivity contribution in [3.8, 4) is 0 Å². The summed E-state index contributed by atoms with van der Waals surface area (Å²) < 4.78 is 39.2. The number of carbonyl (C=O) groups excluding carboxylic acids is 1. The fourth-order valence-corrected chi connectivity index (χ4v) is 3.00. The van der Waals surface area contributed by atoms with Crippen LogP contribution in [0.15, 0.2) is 35.5 Å². The van der Waals surface area contributed by atoms with Gasteiger partial charge in [-0.3, -0.25) is 4.79 Å². The van der Waals surface area contributed by atoms with Crippen molar-refractivity contribution in [2.45, 2.75) is 30.4 Å². The molecule has 130 valence electrons. The molecule has 0 aliphatic rings. The smallest absolute Gasteiger partial charge is 0.325 e. The largest absolute Gasteiger partial charge is 0.451 e. The number of thioether (sulfide) groups is 1. The highest BCUT2D eigenvalue weighted by Crippen LogP contribution is 2.32. The fraction of sp³-hybridized carbons (Fsp3) is 0.400. The van der Waals surface area contributed by atoms with Crippen LogP contribution in [0.5, 0.6) is 0 Å². The molecule has 1 aromatic heterocycles. The van der Waals surface area contributed by atoms with Gasteiger partial charge in [0.05, 0.1) is 5.25 Å². The van der Waals surface area contributed by atoms with Crippen LogP contribution in [0.1, 0.15) is 19.7 Å². The number of carbonyl (C=O) groups is 1. The SMILES string of the molecule is CC(C)[C@H](Sc1nnc(C(F)(F)F)n1C)C(=O)Nc1ccccc1. The highest BCUT2D eigenvalue weighted by Gasteiger charge is 2.38. The molecular weight excluding hydrogens is 341 g/mol. The standard InChI is InChI=1S/C15H17F3N4OS/c1-9(2)11(12(23)19-10-7-5-4-6-8-10)24-14-21-20-13(22(14)3)15(16,17)18/h4-9,11H,1-3H3,(H,19,23)/t11-/m0/s1. The maximum absolute atomic E-state index is 12.8. The summed E-state index contributed by atoms with van der Waals surface area (Å²) in [6.07, 6.45) is -4.58. The summed E-state index contributed by atoms with van der Waals surface area (Å²) in [5, 5.41) is 8.95. The Morgan fingerprint density at radius 1 is 1.21 bits per heavy atom. The first-order valence-electron chi connectivity index (χ1n) is 7.19. The van der Waals surface area contributed by atoms with Crippen LogP contribution < -0.4 is 5.32 Å². The molecule has 5 nitrogen and oxygen atoms in total. The molecule has 0 saturated heterocycles. The topological polar surface area (TPSA) is 59.8 Å². The van der Waals surface area contributed by atoms with Crippen molar-refractivity contribution < 1.29 is 18.0 Å². The molecule has 1 atom stereocenters. The van der Waals surface area contributed by atoms with Gasteiger partial charge >= 0.3 is 6.18 Å². The Morgan fingerprint density at radius 3 is 2.33 bits per heavy atom. The zero-order valence-electron chi connectivity index (χ0n) is 13.3. The number of para-hydroxylation sites is 1. The van der Waals surface area contributed by atoms with Gasteiger partial charge in [-0.25, -0.2) is 0 Å². The van der Waals surface area contributed by atoms with Gasteiger partial charge in [-0.2, -0.15) is 13.2 Å². The van der Waals surface area contributed by atoms with Crippen molar-refractivity contribution in [2.75, 3.05) is 5.32 Å². The predicted octanol–water partition coefficient (Wildman–Crippen LogP) is 3.59. The molecule has 0 bridgehead atoms. The number of amides is 1. The number of nitrogens with one attached hydrogen (secondary N) is 1. The van der Waals surface area contributed by atoms with Gasteiger partial charge in [-0.05, 0) is 18.1 Å². The lowest BCUT2D eigenvalue weighted by molar-refractivity contribution is -0.147. The summed E-state index contributed by atoms with van der Waals surface area (Å²) in [5.74, 6) is -1.49. The van der Waals surface area contributed by atoms with Crippen molar-refractivity contribution >= 4 is 23.4 Å².